The first-order valence-electron chi connectivity index (χ1n) is 7.71. The van der Waals surface area contributed by atoms with Crippen LogP contribution in [0.5, 0.6) is 5.75 Å². The number of methoxy groups -OCH3 is 1. The van der Waals surface area contributed by atoms with Crippen LogP contribution in [0.25, 0.3) is 0 Å². The molecule has 0 spiro atoms. The maximum absolute atomic E-state index is 6.66. The lowest BCUT2D eigenvalue weighted by atomic mass is 9.65. The van der Waals surface area contributed by atoms with Gasteiger partial charge in [0.15, 0.2) is 0 Å². The summed E-state index contributed by atoms with van der Waals surface area (Å²) in [7, 11) is 1.69. The summed E-state index contributed by atoms with van der Waals surface area (Å²) in [5.41, 5.74) is 7.67. The third-order valence-electron chi connectivity index (χ3n) is 5.36. The van der Waals surface area contributed by atoms with Gasteiger partial charge in [0.1, 0.15) is 11.4 Å². The van der Waals surface area contributed by atoms with E-state index in [-0.39, 0.29) is 5.54 Å². The predicted octanol–water partition coefficient (Wildman–Crippen LogP) is 3.87. The van der Waals surface area contributed by atoms with E-state index in [1.54, 1.807) is 7.11 Å². The molecule has 2 rings (SSSR count). The van der Waals surface area contributed by atoms with Gasteiger partial charge in [0, 0.05) is 6.20 Å². The van der Waals surface area contributed by atoms with Crippen molar-refractivity contribution in [2.45, 2.75) is 58.4 Å². The summed E-state index contributed by atoms with van der Waals surface area (Å²) in [6.07, 6.45) is 7.38. The molecule has 1 heterocycles. The van der Waals surface area contributed by atoms with Crippen molar-refractivity contribution in [3.05, 3.63) is 24.0 Å². The zero-order chi connectivity index (χ0) is 14.8. The molecule has 112 valence electrons. The van der Waals surface area contributed by atoms with Crippen molar-refractivity contribution in [1.82, 2.24) is 4.98 Å². The number of aromatic nitrogens is 1. The maximum Gasteiger partial charge on any atom is 0.142 e. The standard InChI is InChI=1S/C17H28N2O/c1-5-16(2,3)13-8-10-17(18,11-9-13)15-14(20-4)7-6-12-19-15/h6-7,12-13H,5,8-11,18H2,1-4H3. The molecular formula is C17H28N2O. The van der Waals surface area contributed by atoms with E-state index in [4.69, 9.17) is 10.5 Å². The Bertz CT molecular complexity index is 448. The van der Waals surface area contributed by atoms with E-state index < -0.39 is 0 Å². The fourth-order valence-corrected chi connectivity index (χ4v) is 3.37. The Labute approximate surface area is 122 Å². The van der Waals surface area contributed by atoms with E-state index in [0.717, 1.165) is 30.2 Å². The number of nitrogens with two attached hydrogens (primary N) is 1. The molecule has 1 aliphatic carbocycles. The Morgan fingerprint density at radius 2 is 2.05 bits per heavy atom. The molecular weight excluding hydrogens is 248 g/mol. The highest BCUT2D eigenvalue weighted by Crippen LogP contribution is 2.46. The number of hydrogen-bond donors (Lipinski definition) is 1. The Hall–Kier alpha value is -1.09. The van der Waals surface area contributed by atoms with E-state index in [1.165, 1.54) is 19.3 Å². The second-order valence-corrected chi connectivity index (χ2v) is 6.83. The normalized spacial score (nSPS) is 27.4. The summed E-state index contributed by atoms with van der Waals surface area (Å²) >= 11 is 0. The Kier molecular flexibility index (Phi) is 4.38. The zero-order valence-electron chi connectivity index (χ0n) is 13.3. The van der Waals surface area contributed by atoms with E-state index in [2.05, 4.69) is 25.8 Å². The summed E-state index contributed by atoms with van der Waals surface area (Å²) < 4.78 is 5.44. The molecule has 0 amide bonds. The molecule has 0 unspecified atom stereocenters. The van der Waals surface area contributed by atoms with E-state index in [9.17, 15) is 0 Å². The summed E-state index contributed by atoms with van der Waals surface area (Å²) in [5, 5.41) is 0. The minimum atomic E-state index is -0.326. The maximum atomic E-state index is 6.66. The van der Waals surface area contributed by atoms with Gasteiger partial charge in [-0.15, -0.1) is 0 Å². The van der Waals surface area contributed by atoms with Gasteiger partial charge in [0.05, 0.1) is 12.6 Å². The molecule has 0 aromatic carbocycles. The highest BCUT2D eigenvalue weighted by Gasteiger charge is 2.40. The Morgan fingerprint density at radius 3 is 2.60 bits per heavy atom. The van der Waals surface area contributed by atoms with Crippen molar-refractivity contribution >= 4 is 0 Å². The molecule has 1 saturated carbocycles. The topological polar surface area (TPSA) is 48.1 Å². The molecule has 2 N–H and O–H groups in total. The molecule has 1 aromatic heterocycles. The van der Waals surface area contributed by atoms with Crippen molar-refractivity contribution in [1.29, 1.82) is 0 Å². The highest BCUT2D eigenvalue weighted by molar-refractivity contribution is 5.33. The fourth-order valence-electron chi connectivity index (χ4n) is 3.37. The van der Waals surface area contributed by atoms with Gasteiger partial charge in [-0.3, -0.25) is 4.98 Å². The summed E-state index contributed by atoms with van der Waals surface area (Å²) in [4.78, 5) is 4.50. The van der Waals surface area contributed by atoms with Crippen molar-refractivity contribution in [2.75, 3.05) is 7.11 Å². The summed E-state index contributed by atoms with van der Waals surface area (Å²) in [6.45, 7) is 7.04. The SMILES string of the molecule is CCC(C)(C)C1CCC(N)(c2ncccc2OC)CC1. The largest absolute Gasteiger partial charge is 0.495 e. The van der Waals surface area contributed by atoms with Gasteiger partial charge < -0.3 is 10.5 Å². The first-order valence-corrected chi connectivity index (χ1v) is 7.71. The molecule has 20 heavy (non-hydrogen) atoms. The van der Waals surface area contributed by atoms with Crippen molar-refractivity contribution in [3.8, 4) is 5.75 Å². The number of ether oxygens (including phenoxy) is 1. The average molecular weight is 276 g/mol. The molecule has 1 fully saturated rings. The van der Waals surface area contributed by atoms with Crippen LogP contribution >= 0.6 is 0 Å². The number of nitrogens with zero attached hydrogens (tertiary/aromatic N) is 1. The lowest BCUT2D eigenvalue weighted by Crippen LogP contribution is -2.43. The van der Waals surface area contributed by atoms with Gasteiger partial charge in [-0.1, -0.05) is 27.2 Å². The molecule has 0 aliphatic heterocycles. The second-order valence-electron chi connectivity index (χ2n) is 6.83. The van der Waals surface area contributed by atoms with E-state index in [1.807, 2.05) is 18.3 Å². The Balaban J connectivity index is 2.16. The molecule has 0 bridgehead atoms. The minimum Gasteiger partial charge on any atom is -0.495 e. The highest BCUT2D eigenvalue weighted by atomic mass is 16.5. The molecule has 1 aromatic rings. The zero-order valence-corrected chi connectivity index (χ0v) is 13.3. The van der Waals surface area contributed by atoms with Gasteiger partial charge >= 0.3 is 0 Å². The molecule has 1 aliphatic rings. The Morgan fingerprint density at radius 1 is 1.40 bits per heavy atom. The van der Waals surface area contributed by atoms with Crippen LogP contribution in [-0.2, 0) is 5.54 Å². The molecule has 0 saturated heterocycles. The van der Waals surface area contributed by atoms with Crippen molar-refractivity contribution in [3.63, 3.8) is 0 Å². The quantitative estimate of drug-likeness (QED) is 0.908. The monoisotopic (exact) mass is 276 g/mol. The van der Waals surface area contributed by atoms with Gasteiger partial charge in [-0.2, -0.15) is 0 Å². The number of pyridine rings is 1. The van der Waals surface area contributed by atoms with Crippen LogP contribution in [-0.4, -0.2) is 12.1 Å². The first kappa shape index (κ1) is 15.3. The smallest absolute Gasteiger partial charge is 0.142 e. The van der Waals surface area contributed by atoms with Crippen LogP contribution in [0.3, 0.4) is 0 Å². The summed E-state index contributed by atoms with van der Waals surface area (Å²) in [5.74, 6) is 1.59. The average Bonchev–Trinajstić information content (AvgIpc) is 2.47. The van der Waals surface area contributed by atoms with Crippen LogP contribution < -0.4 is 10.5 Å². The van der Waals surface area contributed by atoms with Gasteiger partial charge in [-0.05, 0) is 49.1 Å². The van der Waals surface area contributed by atoms with Crippen LogP contribution in [0.15, 0.2) is 18.3 Å². The third kappa shape index (κ3) is 2.83. The van der Waals surface area contributed by atoms with E-state index in [0.29, 0.717) is 5.41 Å². The molecule has 3 heteroatoms. The van der Waals surface area contributed by atoms with Gasteiger partial charge in [0.25, 0.3) is 0 Å². The lowest BCUT2D eigenvalue weighted by Gasteiger charge is -2.43. The lowest BCUT2D eigenvalue weighted by molar-refractivity contribution is 0.112. The molecule has 0 atom stereocenters. The minimum absolute atomic E-state index is 0.326. The van der Waals surface area contributed by atoms with Crippen LogP contribution in [0.2, 0.25) is 0 Å². The number of hydrogen-bond acceptors (Lipinski definition) is 3. The van der Waals surface area contributed by atoms with Crippen molar-refractivity contribution in [2.24, 2.45) is 17.1 Å². The first-order chi connectivity index (χ1) is 9.43. The number of rotatable bonds is 4. The van der Waals surface area contributed by atoms with Gasteiger partial charge in [-0.25, -0.2) is 0 Å². The summed E-state index contributed by atoms with van der Waals surface area (Å²) in [6, 6.07) is 3.86. The van der Waals surface area contributed by atoms with E-state index >= 15 is 0 Å². The van der Waals surface area contributed by atoms with Gasteiger partial charge in [0.2, 0.25) is 0 Å². The fraction of sp³-hybridized carbons (Fsp3) is 0.706. The molecule has 0 radical (unpaired) electrons. The van der Waals surface area contributed by atoms with Crippen LogP contribution in [0.4, 0.5) is 0 Å². The van der Waals surface area contributed by atoms with Crippen molar-refractivity contribution < 1.29 is 4.74 Å². The second kappa shape index (κ2) is 5.72. The molecule has 3 nitrogen and oxygen atoms in total. The van der Waals surface area contributed by atoms with Crippen LogP contribution in [0.1, 0.15) is 58.6 Å². The predicted molar refractivity (Wildman–Crippen MR) is 82.7 cm³/mol. The third-order valence-corrected chi connectivity index (χ3v) is 5.36. The van der Waals surface area contributed by atoms with Crippen LogP contribution in [0, 0.1) is 11.3 Å².